The van der Waals surface area contributed by atoms with Crippen molar-refractivity contribution in [1.29, 1.82) is 0 Å². The van der Waals surface area contributed by atoms with Crippen molar-refractivity contribution in [1.82, 2.24) is 9.13 Å². The van der Waals surface area contributed by atoms with Gasteiger partial charge in [-0.1, -0.05) is 18.2 Å². The lowest BCUT2D eigenvalue weighted by Crippen LogP contribution is -2.23. The molecule has 0 aliphatic carbocycles. The Morgan fingerprint density at radius 1 is 1.35 bits per heavy atom. The molecule has 1 N–H and O–H groups in total. The summed E-state index contributed by atoms with van der Waals surface area (Å²) in [5, 5.41) is 10.1. The van der Waals surface area contributed by atoms with Gasteiger partial charge in [-0.15, -0.1) is 0 Å². The number of aryl methyl sites for hydroxylation is 1. The van der Waals surface area contributed by atoms with Crippen molar-refractivity contribution >= 4 is 5.97 Å². The molecule has 0 amide bonds. The molecule has 0 radical (unpaired) electrons. The third-order valence-corrected chi connectivity index (χ3v) is 2.95. The van der Waals surface area contributed by atoms with Crippen molar-refractivity contribution in [3.8, 4) is 5.69 Å². The molecule has 0 bridgehead atoms. The van der Waals surface area contributed by atoms with Crippen LogP contribution in [0.25, 0.3) is 5.69 Å². The van der Waals surface area contributed by atoms with Crippen molar-refractivity contribution in [3.63, 3.8) is 0 Å². The molecular weight excluding hydrogens is 260 g/mol. The van der Waals surface area contributed by atoms with Crippen LogP contribution in [-0.4, -0.2) is 26.8 Å². The SMILES string of the molecule is CCOC(=O)C(O)c1ccccc1-n1ccn(C)c1=O. The first-order valence-corrected chi connectivity index (χ1v) is 6.24. The summed E-state index contributed by atoms with van der Waals surface area (Å²) in [5.74, 6) is -0.732. The number of para-hydroxylation sites is 1. The van der Waals surface area contributed by atoms with Gasteiger partial charge < -0.3 is 14.4 Å². The summed E-state index contributed by atoms with van der Waals surface area (Å²) < 4.78 is 7.59. The summed E-state index contributed by atoms with van der Waals surface area (Å²) in [6, 6.07) is 6.68. The molecule has 0 aliphatic heterocycles. The van der Waals surface area contributed by atoms with Gasteiger partial charge >= 0.3 is 11.7 Å². The molecule has 0 fully saturated rings. The second-order valence-corrected chi connectivity index (χ2v) is 4.28. The van der Waals surface area contributed by atoms with E-state index in [1.807, 2.05) is 0 Å². The highest BCUT2D eigenvalue weighted by molar-refractivity contribution is 5.77. The number of hydrogen-bond donors (Lipinski definition) is 1. The fraction of sp³-hybridized carbons (Fsp3) is 0.286. The summed E-state index contributed by atoms with van der Waals surface area (Å²) in [6.45, 7) is 1.85. The fourth-order valence-electron chi connectivity index (χ4n) is 1.93. The summed E-state index contributed by atoms with van der Waals surface area (Å²) in [5.41, 5.74) is 0.534. The van der Waals surface area contributed by atoms with Crippen LogP contribution in [0.1, 0.15) is 18.6 Å². The lowest BCUT2D eigenvalue weighted by Gasteiger charge is -2.14. The molecule has 0 saturated carbocycles. The Balaban J connectivity index is 2.49. The molecule has 2 rings (SSSR count). The van der Waals surface area contributed by atoms with Crippen LogP contribution in [-0.2, 0) is 16.6 Å². The lowest BCUT2D eigenvalue weighted by molar-refractivity contribution is -0.153. The molecule has 106 valence electrons. The Bertz CT molecular complexity index is 672. The molecule has 2 aromatic rings. The maximum absolute atomic E-state index is 12.0. The van der Waals surface area contributed by atoms with Gasteiger partial charge in [0, 0.05) is 25.0 Å². The topological polar surface area (TPSA) is 73.5 Å². The van der Waals surface area contributed by atoms with Crippen LogP contribution < -0.4 is 5.69 Å². The summed E-state index contributed by atoms with van der Waals surface area (Å²) in [7, 11) is 1.63. The van der Waals surface area contributed by atoms with Crippen molar-refractivity contribution in [2.24, 2.45) is 7.05 Å². The first-order valence-electron chi connectivity index (χ1n) is 6.24. The Morgan fingerprint density at radius 3 is 2.65 bits per heavy atom. The van der Waals surface area contributed by atoms with E-state index in [2.05, 4.69) is 0 Å². The number of aliphatic hydroxyl groups excluding tert-OH is 1. The second-order valence-electron chi connectivity index (χ2n) is 4.28. The van der Waals surface area contributed by atoms with Crippen LogP contribution in [0.3, 0.4) is 0 Å². The van der Waals surface area contributed by atoms with Gasteiger partial charge in [0.15, 0.2) is 6.10 Å². The molecule has 1 aromatic carbocycles. The molecule has 20 heavy (non-hydrogen) atoms. The summed E-state index contributed by atoms with van der Waals surface area (Å²) in [6.07, 6.45) is 1.77. The van der Waals surface area contributed by atoms with Gasteiger partial charge in [-0.2, -0.15) is 0 Å². The van der Waals surface area contributed by atoms with Gasteiger partial charge in [-0.25, -0.2) is 9.59 Å². The number of nitrogens with zero attached hydrogens (tertiary/aromatic N) is 2. The van der Waals surface area contributed by atoms with Gasteiger partial charge in [-0.05, 0) is 13.0 Å². The average molecular weight is 276 g/mol. The van der Waals surface area contributed by atoms with Crippen molar-refractivity contribution in [2.45, 2.75) is 13.0 Å². The Labute approximate surface area is 115 Å². The van der Waals surface area contributed by atoms with Crippen molar-refractivity contribution in [3.05, 3.63) is 52.7 Å². The van der Waals surface area contributed by atoms with Gasteiger partial charge in [0.1, 0.15) is 0 Å². The van der Waals surface area contributed by atoms with Crippen molar-refractivity contribution in [2.75, 3.05) is 6.61 Å². The third-order valence-electron chi connectivity index (χ3n) is 2.95. The van der Waals surface area contributed by atoms with Crippen LogP contribution in [0.5, 0.6) is 0 Å². The highest BCUT2D eigenvalue weighted by atomic mass is 16.5. The van der Waals surface area contributed by atoms with E-state index >= 15 is 0 Å². The minimum absolute atomic E-state index is 0.184. The number of aromatic nitrogens is 2. The number of imidazole rings is 1. The highest BCUT2D eigenvalue weighted by Gasteiger charge is 2.22. The molecule has 0 spiro atoms. The third kappa shape index (κ3) is 2.50. The van der Waals surface area contributed by atoms with Gasteiger partial charge in [0.05, 0.1) is 12.3 Å². The molecule has 6 nitrogen and oxygen atoms in total. The smallest absolute Gasteiger partial charge is 0.339 e. The van der Waals surface area contributed by atoms with Gasteiger partial charge in [-0.3, -0.25) is 4.57 Å². The number of carbonyl (C=O) groups excluding carboxylic acids is 1. The Morgan fingerprint density at radius 2 is 2.05 bits per heavy atom. The average Bonchev–Trinajstić information content (AvgIpc) is 2.78. The zero-order valence-electron chi connectivity index (χ0n) is 11.3. The van der Waals surface area contributed by atoms with Crippen LogP contribution in [0.2, 0.25) is 0 Å². The number of hydrogen-bond acceptors (Lipinski definition) is 4. The molecule has 1 heterocycles. The molecule has 0 aliphatic rings. The number of rotatable bonds is 4. The van der Waals surface area contributed by atoms with E-state index in [9.17, 15) is 14.7 Å². The number of esters is 1. The van der Waals surface area contributed by atoms with Gasteiger partial charge in [0.25, 0.3) is 0 Å². The first kappa shape index (κ1) is 14.1. The number of aliphatic hydroxyl groups is 1. The fourth-order valence-corrected chi connectivity index (χ4v) is 1.93. The Kier molecular flexibility index (Phi) is 4.05. The van der Waals surface area contributed by atoms with Gasteiger partial charge in [0.2, 0.25) is 0 Å². The minimum atomic E-state index is -1.42. The van der Waals surface area contributed by atoms with Crippen molar-refractivity contribution < 1.29 is 14.6 Å². The van der Waals surface area contributed by atoms with Crippen LogP contribution in [0.4, 0.5) is 0 Å². The van der Waals surface area contributed by atoms with Crippen LogP contribution >= 0.6 is 0 Å². The zero-order valence-corrected chi connectivity index (χ0v) is 11.3. The van der Waals surface area contributed by atoms with Crippen LogP contribution in [0.15, 0.2) is 41.5 Å². The maximum Gasteiger partial charge on any atom is 0.339 e. The summed E-state index contributed by atoms with van der Waals surface area (Å²) >= 11 is 0. The zero-order chi connectivity index (χ0) is 14.7. The predicted molar refractivity (Wildman–Crippen MR) is 72.6 cm³/mol. The quantitative estimate of drug-likeness (QED) is 0.837. The number of ether oxygens (including phenoxy) is 1. The van der Waals surface area contributed by atoms with E-state index in [0.29, 0.717) is 11.3 Å². The Hall–Kier alpha value is -2.34. The normalized spacial score (nSPS) is 12.2. The van der Waals surface area contributed by atoms with E-state index < -0.39 is 12.1 Å². The largest absolute Gasteiger partial charge is 0.464 e. The maximum atomic E-state index is 12.0. The number of carbonyl (C=O) groups is 1. The lowest BCUT2D eigenvalue weighted by atomic mass is 10.1. The highest BCUT2D eigenvalue weighted by Crippen LogP contribution is 2.21. The molecule has 6 heteroatoms. The van der Waals surface area contributed by atoms with E-state index in [-0.39, 0.29) is 12.3 Å². The number of benzene rings is 1. The monoisotopic (exact) mass is 276 g/mol. The van der Waals surface area contributed by atoms with E-state index in [4.69, 9.17) is 4.74 Å². The summed E-state index contributed by atoms with van der Waals surface area (Å²) in [4.78, 5) is 23.6. The molecular formula is C14H16N2O4. The second kappa shape index (κ2) is 5.75. The molecule has 1 aromatic heterocycles. The molecule has 0 saturated heterocycles. The molecule has 1 unspecified atom stereocenters. The predicted octanol–water partition coefficient (Wildman–Crippen LogP) is 0.772. The van der Waals surface area contributed by atoms with E-state index in [0.717, 1.165) is 0 Å². The minimum Gasteiger partial charge on any atom is -0.464 e. The molecule has 1 atom stereocenters. The van der Waals surface area contributed by atoms with E-state index in [1.165, 1.54) is 9.13 Å². The van der Waals surface area contributed by atoms with E-state index in [1.54, 1.807) is 50.6 Å². The van der Waals surface area contributed by atoms with Crippen LogP contribution in [0, 0.1) is 0 Å². The first-order chi connectivity index (χ1) is 9.56. The standard InChI is InChI=1S/C14H16N2O4/c1-3-20-13(18)12(17)10-6-4-5-7-11(10)16-9-8-15(2)14(16)19/h4-9,12,17H,3H2,1-2H3.